The van der Waals surface area contributed by atoms with Crippen LogP contribution in [-0.2, 0) is 19.2 Å². The van der Waals surface area contributed by atoms with Gasteiger partial charge in [0, 0.05) is 6.42 Å². The third kappa shape index (κ3) is 14.3. The number of nitrogens with zero attached hydrogens (tertiary/aromatic N) is 1. The number of allylic oxidation sites excluding steroid dienone is 2. The zero-order valence-corrected chi connectivity index (χ0v) is 15.7. The van der Waals surface area contributed by atoms with Crippen LogP contribution in [0.15, 0.2) is 12.2 Å². The molecule has 0 aromatic heterocycles. The fourth-order valence-electron chi connectivity index (χ4n) is 1.91. The lowest BCUT2D eigenvalue weighted by Gasteiger charge is -2.17. The quantitative estimate of drug-likeness (QED) is 0.154. The van der Waals surface area contributed by atoms with E-state index in [0.29, 0.717) is 25.7 Å². The standard InChI is InChI=1S/C16H28N2O6S/c1-3-4-5-6-9-15(19)17-14(10-13-25-2)16(20)23-11-7-8-12-24-18(21)22/h3-4,14H,5-13H2,1-2H3,(H,17,19)/b4-3-. The van der Waals surface area contributed by atoms with Gasteiger partial charge < -0.3 is 14.9 Å². The van der Waals surface area contributed by atoms with Crippen LogP contribution < -0.4 is 5.32 Å². The van der Waals surface area contributed by atoms with Gasteiger partial charge >= 0.3 is 5.97 Å². The predicted octanol–water partition coefficient (Wildman–Crippen LogP) is 2.50. The summed E-state index contributed by atoms with van der Waals surface area (Å²) in [6.45, 7) is 2.05. The fraction of sp³-hybridized carbons (Fsp3) is 0.750. The number of carbonyl (C=O) groups excluding carboxylic acids is 2. The van der Waals surface area contributed by atoms with E-state index >= 15 is 0 Å². The van der Waals surface area contributed by atoms with E-state index in [2.05, 4.69) is 10.2 Å². The van der Waals surface area contributed by atoms with E-state index < -0.39 is 17.1 Å². The van der Waals surface area contributed by atoms with Gasteiger partial charge in [-0.2, -0.15) is 11.8 Å². The van der Waals surface area contributed by atoms with E-state index in [1.54, 1.807) is 11.8 Å². The molecule has 8 nitrogen and oxygen atoms in total. The maximum absolute atomic E-state index is 12.1. The molecule has 1 unspecified atom stereocenters. The lowest BCUT2D eigenvalue weighted by Crippen LogP contribution is -2.42. The average Bonchev–Trinajstić information content (AvgIpc) is 2.58. The molecule has 0 aliphatic heterocycles. The summed E-state index contributed by atoms with van der Waals surface area (Å²) in [5.74, 6) is 0.105. The molecule has 25 heavy (non-hydrogen) atoms. The highest BCUT2D eigenvalue weighted by atomic mass is 32.2. The third-order valence-electron chi connectivity index (χ3n) is 3.22. The molecule has 0 saturated carbocycles. The molecule has 9 heteroatoms. The van der Waals surface area contributed by atoms with Crippen LogP contribution in [0.3, 0.4) is 0 Å². The van der Waals surface area contributed by atoms with Crippen molar-refractivity contribution in [2.24, 2.45) is 0 Å². The maximum atomic E-state index is 12.1. The van der Waals surface area contributed by atoms with Crippen LogP contribution in [0.5, 0.6) is 0 Å². The second kappa shape index (κ2) is 15.7. The summed E-state index contributed by atoms with van der Waals surface area (Å²) in [6.07, 6.45) is 9.18. The van der Waals surface area contributed by atoms with Crippen molar-refractivity contribution in [2.45, 2.75) is 51.5 Å². The molecule has 0 heterocycles. The second-order valence-corrected chi connectivity index (χ2v) is 6.28. The van der Waals surface area contributed by atoms with Gasteiger partial charge in [0.05, 0.1) is 13.2 Å². The second-order valence-electron chi connectivity index (χ2n) is 5.29. The number of hydrogen-bond acceptors (Lipinski definition) is 7. The Morgan fingerprint density at radius 3 is 2.64 bits per heavy atom. The van der Waals surface area contributed by atoms with Crippen molar-refractivity contribution >= 4 is 23.6 Å². The van der Waals surface area contributed by atoms with E-state index in [-0.39, 0.29) is 19.1 Å². The minimum atomic E-state index is -0.851. The topological polar surface area (TPSA) is 108 Å². The first-order valence-electron chi connectivity index (χ1n) is 8.34. The van der Waals surface area contributed by atoms with Gasteiger partial charge in [0.1, 0.15) is 6.04 Å². The molecule has 0 saturated heterocycles. The van der Waals surface area contributed by atoms with Crippen LogP contribution >= 0.6 is 11.8 Å². The van der Waals surface area contributed by atoms with Gasteiger partial charge in [0.15, 0.2) is 0 Å². The van der Waals surface area contributed by atoms with Gasteiger partial charge in [-0.3, -0.25) is 4.79 Å². The molecular weight excluding hydrogens is 348 g/mol. The fourth-order valence-corrected chi connectivity index (χ4v) is 2.39. The van der Waals surface area contributed by atoms with E-state index in [1.165, 1.54) is 0 Å². The summed E-state index contributed by atoms with van der Waals surface area (Å²) < 4.78 is 5.15. The molecule has 1 N–H and O–H groups in total. The first kappa shape index (κ1) is 23.2. The molecule has 0 radical (unpaired) electrons. The summed E-state index contributed by atoms with van der Waals surface area (Å²) in [6, 6.07) is -0.656. The van der Waals surface area contributed by atoms with Crippen LogP contribution in [0.2, 0.25) is 0 Å². The van der Waals surface area contributed by atoms with E-state index in [4.69, 9.17) is 4.74 Å². The number of rotatable bonds is 15. The molecule has 144 valence electrons. The number of unbranched alkanes of at least 4 members (excludes halogenated alkanes) is 2. The smallest absolute Gasteiger partial charge is 0.328 e. The monoisotopic (exact) mass is 376 g/mol. The lowest BCUT2D eigenvalue weighted by atomic mass is 10.2. The summed E-state index contributed by atoms with van der Waals surface area (Å²) >= 11 is 1.59. The predicted molar refractivity (Wildman–Crippen MR) is 96.7 cm³/mol. The van der Waals surface area contributed by atoms with Gasteiger partial charge in [-0.15, -0.1) is 10.1 Å². The summed E-state index contributed by atoms with van der Waals surface area (Å²) in [5, 5.41) is 11.9. The number of thioether (sulfide) groups is 1. The number of ether oxygens (including phenoxy) is 1. The Bertz CT molecular complexity index is 431. The van der Waals surface area contributed by atoms with E-state index in [1.807, 2.05) is 25.3 Å². The summed E-state index contributed by atoms with van der Waals surface area (Å²) in [4.78, 5) is 38.2. The Labute approximate surface area is 152 Å². The van der Waals surface area contributed by atoms with Crippen molar-refractivity contribution in [3.05, 3.63) is 22.3 Å². The Kier molecular flexibility index (Phi) is 14.6. The molecule has 0 spiro atoms. The van der Waals surface area contributed by atoms with E-state index in [9.17, 15) is 19.7 Å². The molecule has 0 aliphatic carbocycles. The minimum Gasteiger partial charge on any atom is -0.464 e. The Hall–Kier alpha value is -1.77. The van der Waals surface area contributed by atoms with Crippen molar-refractivity contribution in [1.29, 1.82) is 0 Å². The Balaban J connectivity index is 4.14. The van der Waals surface area contributed by atoms with Crippen molar-refractivity contribution in [1.82, 2.24) is 5.32 Å². The summed E-state index contributed by atoms with van der Waals surface area (Å²) in [5.41, 5.74) is 0. The van der Waals surface area contributed by atoms with Crippen molar-refractivity contribution in [3.8, 4) is 0 Å². The third-order valence-corrected chi connectivity index (χ3v) is 3.86. The highest BCUT2D eigenvalue weighted by molar-refractivity contribution is 7.98. The normalized spacial score (nSPS) is 11.9. The zero-order valence-electron chi connectivity index (χ0n) is 14.9. The number of hydrogen-bond donors (Lipinski definition) is 1. The molecule has 0 rings (SSSR count). The number of amides is 1. The molecule has 0 fully saturated rings. The maximum Gasteiger partial charge on any atom is 0.328 e. The van der Waals surface area contributed by atoms with Crippen LogP contribution in [0.25, 0.3) is 0 Å². The molecule has 0 bridgehead atoms. The Morgan fingerprint density at radius 1 is 1.28 bits per heavy atom. The lowest BCUT2D eigenvalue weighted by molar-refractivity contribution is -0.757. The molecular formula is C16H28N2O6S. The zero-order chi connectivity index (χ0) is 18.9. The first-order valence-corrected chi connectivity index (χ1v) is 9.74. The highest BCUT2D eigenvalue weighted by Gasteiger charge is 2.21. The largest absolute Gasteiger partial charge is 0.464 e. The van der Waals surface area contributed by atoms with Gasteiger partial charge in [-0.25, -0.2) is 4.79 Å². The SMILES string of the molecule is C/C=C\CCCC(=O)NC(CCSC)C(=O)OCCCCO[N+](=O)[O-]. The number of carbonyl (C=O) groups is 2. The first-order chi connectivity index (χ1) is 12.0. The molecule has 1 atom stereocenters. The van der Waals surface area contributed by atoms with Gasteiger partial charge in [0.25, 0.3) is 5.09 Å². The van der Waals surface area contributed by atoms with E-state index in [0.717, 1.165) is 18.6 Å². The van der Waals surface area contributed by atoms with Crippen LogP contribution in [0.1, 0.15) is 45.4 Å². The van der Waals surface area contributed by atoms with Gasteiger partial charge in [0.2, 0.25) is 5.91 Å². The molecule has 0 aromatic rings. The van der Waals surface area contributed by atoms with Crippen LogP contribution in [-0.4, -0.2) is 48.2 Å². The number of esters is 1. The van der Waals surface area contributed by atoms with Gasteiger partial charge in [-0.1, -0.05) is 12.2 Å². The van der Waals surface area contributed by atoms with Crippen molar-refractivity contribution in [2.75, 3.05) is 25.2 Å². The molecule has 0 aromatic carbocycles. The summed E-state index contributed by atoms with van der Waals surface area (Å²) in [7, 11) is 0. The Morgan fingerprint density at radius 2 is 2.00 bits per heavy atom. The van der Waals surface area contributed by atoms with Crippen molar-refractivity contribution < 1.29 is 24.3 Å². The molecule has 1 amide bonds. The minimum absolute atomic E-state index is 0.0244. The molecule has 0 aliphatic rings. The highest BCUT2D eigenvalue weighted by Crippen LogP contribution is 2.05. The van der Waals surface area contributed by atoms with Gasteiger partial charge in [-0.05, 0) is 51.0 Å². The van der Waals surface area contributed by atoms with Crippen LogP contribution in [0, 0.1) is 10.1 Å². The number of nitrogens with one attached hydrogen (secondary N) is 1. The average molecular weight is 376 g/mol. The van der Waals surface area contributed by atoms with Crippen LogP contribution in [0.4, 0.5) is 0 Å². The van der Waals surface area contributed by atoms with Crippen molar-refractivity contribution in [3.63, 3.8) is 0 Å².